The van der Waals surface area contributed by atoms with E-state index in [1.807, 2.05) is 4.68 Å². The molecule has 0 aliphatic carbocycles. The molecule has 21 heavy (non-hydrogen) atoms. The zero-order valence-electron chi connectivity index (χ0n) is 13.2. The summed E-state index contributed by atoms with van der Waals surface area (Å²) in [5.74, 6) is 0.852. The second-order valence-corrected chi connectivity index (χ2v) is 5.39. The molecule has 1 unspecified atom stereocenters. The van der Waals surface area contributed by atoms with Crippen LogP contribution in [0, 0.1) is 0 Å². The number of unbranched alkanes of at least 4 members (excludes halogenated alkanes) is 1. The van der Waals surface area contributed by atoms with E-state index < -0.39 is 0 Å². The molecular weight excluding hydrogens is 262 g/mol. The number of nitrogens with zero attached hydrogens (tertiary/aromatic N) is 4. The van der Waals surface area contributed by atoms with E-state index in [2.05, 4.69) is 65.9 Å². The zero-order valence-corrected chi connectivity index (χ0v) is 13.2. The Labute approximate surface area is 126 Å². The van der Waals surface area contributed by atoms with Gasteiger partial charge in [-0.2, -0.15) is 4.68 Å². The van der Waals surface area contributed by atoms with Gasteiger partial charge in [-0.1, -0.05) is 32.4 Å². The van der Waals surface area contributed by atoms with E-state index in [9.17, 15) is 0 Å². The van der Waals surface area contributed by atoms with Crippen molar-refractivity contribution in [2.24, 2.45) is 0 Å². The summed E-state index contributed by atoms with van der Waals surface area (Å²) < 4.78 is 1.82. The fraction of sp³-hybridized carbons (Fsp3) is 0.562. The van der Waals surface area contributed by atoms with Gasteiger partial charge in [0.25, 0.3) is 0 Å². The third-order valence-electron chi connectivity index (χ3n) is 3.58. The summed E-state index contributed by atoms with van der Waals surface area (Å²) in [6.45, 7) is 7.42. The summed E-state index contributed by atoms with van der Waals surface area (Å²) in [7, 11) is 0. The van der Waals surface area contributed by atoms with E-state index in [4.69, 9.17) is 0 Å². The predicted molar refractivity (Wildman–Crippen MR) is 84.5 cm³/mol. The maximum atomic E-state index is 4.16. The molecule has 0 aliphatic rings. The number of aryl methyl sites for hydroxylation is 1. The maximum absolute atomic E-state index is 4.16. The van der Waals surface area contributed by atoms with E-state index in [0.29, 0.717) is 0 Å². The van der Waals surface area contributed by atoms with Crippen molar-refractivity contribution in [3.05, 3.63) is 35.7 Å². The van der Waals surface area contributed by atoms with E-state index >= 15 is 0 Å². The molecule has 0 radical (unpaired) electrons. The van der Waals surface area contributed by atoms with Crippen molar-refractivity contribution in [3.8, 4) is 5.69 Å². The SMILES string of the molecule is CCCCc1ccc(-n2nnnc2C(C)NCCC)cc1. The fourth-order valence-electron chi connectivity index (χ4n) is 2.28. The molecule has 0 aliphatic heterocycles. The highest BCUT2D eigenvalue weighted by Crippen LogP contribution is 2.15. The van der Waals surface area contributed by atoms with Crippen LogP contribution in [0.25, 0.3) is 5.69 Å². The quantitative estimate of drug-likeness (QED) is 0.810. The van der Waals surface area contributed by atoms with Gasteiger partial charge in [-0.15, -0.1) is 5.10 Å². The van der Waals surface area contributed by atoms with Crippen LogP contribution < -0.4 is 5.32 Å². The summed E-state index contributed by atoms with van der Waals surface area (Å²) in [4.78, 5) is 0. The van der Waals surface area contributed by atoms with Crippen LogP contribution in [0.1, 0.15) is 57.5 Å². The molecular formula is C16H25N5. The molecule has 0 spiro atoms. The Morgan fingerprint density at radius 3 is 2.57 bits per heavy atom. The molecule has 1 heterocycles. The van der Waals surface area contributed by atoms with E-state index in [0.717, 1.165) is 30.9 Å². The van der Waals surface area contributed by atoms with Gasteiger partial charge in [-0.3, -0.25) is 0 Å². The smallest absolute Gasteiger partial charge is 0.173 e. The van der Waals surface area contributed by atoms with Crippen LogP contribution in [0.2, 0.25) is 0 Å². The van der Waals surface area contributed by atoms with Crippen LogP contribution >= 0.6 is 0 Å². The van der Waals surface area contributed by atoms with Gasteiger partial charge in [0.1, 0.15) is 0 Å². The van der Waals surface area contributed by atoms with Crippen LogP contribution in [-0.2, 0) is 6.42 Å². The minimum atomic E-state index is 0.139. The molecule has 114 valence electrons. The third kappa shape index (κ3) is 4.11. The van der Waals surface area contributed by atoms with Gasteiger partial charge in [0.05, 0.1) is 11.7 Å². The van der Waals surface area contributed by atoms with E-state index in [1.165, 1.54) is 18.4 Å². The van der Waals surface area contributed by atoms with Gasteiger partial charge < -0.3 is 5.32 Å². The molecule has 0 saturated heterocycles. The third-order valence-corrected chi connectivity index (χ3v) is 3.58. The molecule has 0 bridgehead atoms. The monoisotopic (exact) mass is 287 g/mol. The van der Waals surface area contributed by atoms with Crippen LogP contribution in [-0.4, -0.2) is 26.8 Å². The van der Waals surface area contributed by atoms with Gasteiger partial charge >= 0.3 is 0 Å². The van der Waals surface area contributed by atoms with Crippen molar-refractivity contribution >= 4 is 0 Å². The lowest BCUT2D eigenvalue weighted by Gasteiger charge is -2.13. The van der Waals surface area contributed by atoms with Crippen molar-refractivity contribution < 1.29 is 0 Å². The molecule has 1 aromatic carbocycles. The first-order valence-electron chi connectivity index (χ1n) is 7.87. The van der Waals surface area contributed by atoms with Gasteiger partial charge in [0.2, 0.25) is 0 Å². The van der Waals surface area contributed by atoms with Gasteiger partial charge in [0, 0.05) is 0 Å². The first-order valence-corrected chi connectivity index (χ1v) is 7.87. The van der Waals surface area contributed by atoms with Crippen LogP contribution in [0.5, 0.6) is 0 Å². The topological polar surface area (TPSA) is 55.6 Å². The summed E-state index contributed by atoms with van der Waals surface area (Å²) >= 11 is 0. The summed E-state index contributed by atoms with van der Waals surface area (Å²) in [6, 6.07) is 8.66. The number of rotatable bonds is 8. The summed E-state index contributed by atoms with van der Waals surface area (Å²) in [6.07, 6.45) is 4.68. The lowest BCUT2D eigenvalue weighted by atomic mass is 10.1. The van der Waals surface area contributed by atoms with Crippen molar-refractivity contribution in [1.82, 2.24) is 25.5 Å². The number of hydrogen-bond acceptors (Lipinski definition) is 4. The second-order valence-electron chi connectivity index (χ2n) is 5.39. The average Bonchev–Trinajstić information content (AvgIpc) is 3.00. The molecule has 1 aromatic heterocycles. The molecule has 1 atom stereocenters. The highest BCUT2D eigenvalue weighted by atomic mass is 15.5. The Hall–Kier alpha value is -1.75. The lowest BCUT2D eigenvalue weighted by Crippen LogP contribution is -2.22. The molecule has 2 rings (SSSR count). The Kier molecular flexibility index (Phi) is 5.87. The number of tetrazole rings is 1. The first-order chi connectivity index (χ1) is 10.3. The van der Waals surface area contributed by atoms with Crippen molar-refractivity contribution in [2.45, 2.75) is 52.5 Å². The minimum absolute atomic E-state index is 0.139. The van der Waals surface area contributed by atoms with Gasteiger partial charge in [0.15, 0.2) is 5.82 Å². The Morgan fingerprint density at radius 1 is 1.14 bits per heavy atom. The van der Waals surface area contributed by atoms with Gasteiger partial charge in [-0.05, 0) is 60.9 Å². The number of nitrogens with one attached hydrogen (secondary N) is 1. The van der Waals surface area contributed by atoms with Crippen LogP contribution in [0.15, 0.2) is 24.3 Å². The van der Waals surface area contributed by atoms with E-state index in [-0.39, 0.29) is 6.04 Å². The number of aromatic nitrogens is 4. The Morgan fingerprint density at radius 2 is 1.90 bits per heavy atom. The van der Waals surface area contributed by atoms with Crippen molar-refractivity contribution in [2.75, 3.05) is 6.54 Å². The standard InChI is InChI=1S/C16H25N5/c1-4-6-7-14-8-10-15(11-9-14)21-16(18-19-20-21)13(3)17-12-5-2/h8-11,13,17H,4-7,12H2,1-3H3. The molecule has 0 saturated carbocycles. The van der Waals surface area contributed by atoms with Crippen LogP contribution in [0.3, 0.4) is 0 Å². The number of benzene rings is 1. The minimum Gasteiger partial charge on any atom is -0.307 e. The average molecular weight is 287 g/mol. The van der Waals surface area contributed by atoms with E-state index in [1.54, 1.807) is 0 Å². The highest BCUT2D eigenvalue weighted by molar-refractivity contribution is 5.34. The normalized spacial score (nSPS) is 12.5. The fourth-order valence-corrected chi connectivity index (χ4v) is 2.28. The summed E-state index contributed by atoms with van der Waals surface area (Å²) in [5, 5.41) is 15.5. The van der Waals surface area contributed by atoms with Crippen LogP contribution in [0.4, 0.5) is 0 Å². The molecule has 2 aromatic rings. The van der Waals surface area contributed by atoms with Gasteiger partial charge in [-0.25, -0.2) is 0 Å². The largest absolute Gasteiger partial charge is 0.307 e. The highest BCUT2D eigenvalue weighted by Gasteiger charge is 2.14. The molecule has 1 N–H and O–H groups in total. The second kappa shape index (κ2) is 7.88. The molecule has 0 amide bonds. The summed E-state index contributed by atoms with van der Waals surface area (Å²) in [5.41, 5.74) is 2.38. The molecule has 5 heteroatoms. The van der Waals surface area contributed by atoms with Crippen molar-refractivity contribution in [3.63, 3.8) is 0 Å². The lowest BCUT2D eigenvalue weighted by molar-refractivity contribution is 0.531. The maximum Gasteiger partial charge on any atom is 0.173 e. The number of hydrogen-bond donors (Lipinski definition) is 1. The Balaban J connectivity index is 2.13. The Bertz CT molecular complexity index is 532. The van der Waals surface area contributed by atoms with Crippen molar-refractivity contribution in [1.29, 1.82) is 0 Å². The zero-order chi connectivity index (χ0) is 15.1. The first kappa shape index (κ1) is 15.6. The molecule has 5 nitrogen and oxygen atoms in total. The molecule has 0 fully saturated rings. The predicted octanol–water partition coefficient (Wildman–Crippen LogP) is 3.07.